The third-order valence-corrected chi connectivity index (χ3v) is 6.40. The Labute approximate surface area is 203 Å². The van der Waals surface area contributed by atoms with Crippen molar-refractivity contribution in [2.45, 2.75) is 0 Å². The zero-order chi connectivity index (χ0) is 23.8. The van der Waals surface area contributed by atoms with Crippen LogP contribution in [0.4, 0.5) is 21.5 Å². The van der Waals surface area contributed by atoms with E-state index >= 15 is 0 Å². The molecule has 0 aliphatic carbocycles. The van der Waals surface area contributed by atoms with Crippen LogP contribution in [-0.2, 0) is 0 Å². The maximum Gasteiger partial charge on any atom is 0.124 e. The van der Waals surface area contributed by atoms with Crippen molar-refractivity contribution in [2.75, 3.05) is 4.90 Å². The number of aromatic hydroxyl groups is 1. The Morgan fingerprint density at radius 2 is 1.11 bits per heavy atom. The number of hydrogen-bond acceptors (Lipinski definition) is 2. The van der Waals surface area contributed by atoms with Crippen LogP contribution < -0.4 is 4.90 Å². The summed E-state index contributed by atoms with van der Waals surface area (Å²) in [7, 11) is 0. The summed E-state index contributed by atoms with van der Waals surface area (Å²) < 4.78 is 13.8. The van der Waals surface area contributed by atoms with Crippen LogP contribution in [0, 0.1) is 5.82 Å². The summed E-state index contributed by atoms with van der Waals surface area (Å²) in [5.74, 6) is -0.0196. The Morgan fingerprint density at radius 3 is 1.86 bits per heavy atom. The number of phenolic OH excluding ortho intramolecular Hbond substituents is 1. The van der Waals surface area contributed by atoms with E-state index in [-0.39, 0.29) is 11.6 Å². The fourth-order valence-corrected chi connectivity index (χ4v) is 4.75. The molecule has 6 aromatic rings. The summed E-state index contributed by atoms with van der Waals surface area (Å²) in [6.45, 7) is 0. The molecule has 0 aliphatic rings. The maximum atomic E-state index is 13.8. The van der Waals surface area contributed by atoms with Gasteiger partial charge in [-0.3, -0.25) is 0 Å². The van der Waals surface area contributed by atoms with Crippen LogP contribution in [0.3, 0.4) is 0 Å². The number of phenols is 1. The molecule has 35 heavy (non-hydrogen) atoms. The standard InChI is InChI=1S/C32H22FNO/c33-24-14-16-26(17-15-24)34(25-10-2-1-3-11-25)31-19-18-28(27-12-6-7-13-29(27)31)30-20-22-8-4-5-9-23(22)21-32(30)35/h1-21,35H. The van der Waals surface area contributed by atoms with Gasteiger partial charge in [-0.2, -0.15) is 0 Å². The van der Waals surface area contributed by atoms with Crippen molar-refractivity contribution in [3.63, 3.8) is 0 Å². The van der Waals surface area contributed by atoms with Crippen molar-refractivity contribution in [1.82, 2.24) is 0 Å². The van der Waals surface area contributed by atoms with E-state index in [0.717, 1.165) is 49.7 Å². The molecular formula is C32H22FNO. The number of nitrogens with zero attached hydrogens (tertiary/aromatic N) is 1. The molecule has 6 aromatic carbocycles. The highest BCUT2D eigenvalue weighted by atomic mass is 19.1. The molecule has 6 rings (SSSR count). The van der Waals surface area contributed by atoms with E-state index in [4.69, 9.17) is 0 Å². The lowest BCUT2D eigenvalue weighted by Crippen LogP contribution is -2.10. The van der Waals surface area contributed by atoms with Crippen LogP contribution in [0.2, 0.25) is 0 Å². The highest BCUT2D eigenvalue weighted by molar-refractivity contribution is 6.07. The normalized spacial score (nSPS) is 11.1. The molecule has 0 saturated carbocycles. The molecule has 168 valence electrons. The van der Waals surface area contributed by atoms with E-state index in [2.05, 4.69) is 35.2 Å². The van der Waals surface area contributed by atoms with Crippen LogP contribution in [-0.4, -0.2) is 5.11 Å². The fraction of sp³-hybridized carbons (Fsp3) is 0. The van der Waals surface area contributed by atoms with Gasteiger partial charge in [0.25, 0.3) is 0 Å². The lowest BCUT2D eigenvalue weighted by atomic mass is 9.94. The van der Waals surface area contributed by atoms with E-state index in [0.29, 0.717) is 0 Å². The number of halogens is 1. The van der Waals surface area contributed by atoms with Crippen molar-refractivity contribution in [2.24, 2.45) is 0 Å². The van der Waals surface area contributed by atoms with Crippen molar-refractivity contribution in [3.8, 4) is 16.9 Å². The van der Waals surface area contributed by atoms with Crippen LogP contribution in [0.25, 0.3) is 32.7 Å². The smallest absolute Gasteiger partial charge is 0.124 e. The minimum atomic E-state index is -0.270. The van der Waals surface area contributed by atoms with Crippen LogP contribution >= 0.6 is 0 Å². The van der Waals surface area contributed by atoms with Gasteiger partial charge in [0.15, 0.2) is 0 Å². The second-order valence-corrected chi connectivity index (χ2v) is 8.54. The third-order valence-electron chi connectivity index (χ3n) is 6.40. The first-order valence-electron chi connectivity index (χ1n) is 11.5. The molecule has 3 heteroatoms. The van der Waals surface area contributed by atoms with E-state index in [1.165, 1.54) is 12.1 Å². The fourth-order valence-electron chi connectivity index (χ4n) is 4.75. The van der Waals surface area contributed by atoms with Gasteiger partial charge in [-0.05, 0) is 76.3 Å². The topological polar surface area (TPSA) is 23.5 Å². The maximum absolute atomic E-state index is 13.8. The molecule has 0 fully saturated rings. The summed E-state index contributed by atoms with van der Waals surface area (Å²) in [5, 5.41) is 15.1. The van der Waals surface area contributed by atoms with E-state index < -0.39 is 0 Å². The summed E-state index contributed by atoms with van der Waals surface area (Å²) in [4.78, 5) is 2.13. The highest BCUT2D eigenvalue weighted by Crippen LogP contribution is 2.43. The molecule has 2 nitrogen and oxygen atoms in total. The highest BCUT2D eigenvalue weighted by Gasteiger charge is 2.18. The number of hydrogen-bond donors (Lipinski definition) is 1. The number of rotatable bonds is 4. The average Bonchev–Trinajstić information content (AvgIpc) is 2.90. The molecule has 1 N–H and O–H groups in total. The molecule has 0 bridgehead atoms. The minimum absolute atomic E-state index is 0.250. The number of fused-ring (bicyclic) bond motifs is 2. The van der Waals surface area contributed by atoms with Gasteiger partial charge >= 0.3 is 0 Å². The predicted octanol–water partition coefficient (Wildman–Crippen LogP) is 8.97. The van der Waals surface area contributed by atoms with Gasteiger partial charge in [0.1, 0.15) is 11.6 Å². The zero-order valence-electron chi connectivity index (χ0n) is 18.9. The van der Waals surface area contributed by atoms with Crippen molar-refractivity contribution >= 4 is 38.6 Å². The summed E-state index contributed by atoms with van der Waals surface area (Å²) in [5.41, 5.74) is 4.57. The van der Waals surface area contributed by atoms with Crippen LogP contribution in [0.1, 0.15) is 0 Å². The monoisotopic (exact) mass is 455 g/mol. The number of para-hydroxylation sites is 1. The Morgan fingerprint density at radius 1 is 0.514 bits per heavy atom. The van der Waals surface area contributed by atoms with E-state index in [1.54, 1.807) is 12.1 Å². The summed E-state index contributed by atoms with van der Waals surface area (Å²) in [6, 6.07) is 40.8. The van der Waals surface area contributed by atoms with Gasteiger partial charge in [-0.15, -0.1) is 0 Å². The van der Waals surface area contributed by atoms with Crippen molar-refractivity contribution in [3.05, 3.63) is 133 Å². The number of benzene rings is 6. The van der Waals surface area contributed by atoms with Crippen molar-refractivity contribution in [1.29, 1.82) is 0 Å². The van der Waals surface area contributed by atoms with E-state index in [9.17, 15) is 9.50 Å². The van der Waals surface area contributed by atoms with Crippen LogP contribution in [0.5, 0.6) is 5.75 Å². The largest absolute Gasteiger partial charge is 0.507 e. The molecule has 0 aliphatic heterocycles. The lowest BCUT2D eigenvalue weighted by Gasteiger charge is -2.27. The Kier molecular flexibility index (Phi) is 5.16. The first kappa shape index (κ1) is 20.9. The van der Waals surface area contributed by atoms with Gasteiger partial charge in [0, 0.05) is 22.3 Å². The van der Waals surface area contributed by atoms with Gasteiger partial charge < -0.3 is 10.0 Å². The quantitative estimate of drug-likeness (QED) is 0.287. The lowest BCUT2D eigenvalue weighted by molar-refractivity contribution is 0.478. The van der Waals surface area contributed by atoms with Gasteiger partial charge in [0.2, 0.25) is 0 Å². The third kappa shape index (κ3) is 3.77. The minimum Gasteiger partial charge on any atom is -0.507 e. The molecule has 0 heterocycles. The molecule has 0 atom stereocenters. The summed E-state index contributed by atoms with van der Waals surface area (Å²) >= 11 is 0. The average molecular weight is 456 g/mol. The van der Waals surface area contributed by atoms with Gasteiger partial charge in [0.05, 0.1) is 5.69 Å². The molecule has 0 saturated heterocycles. The Balaban J connectivity index is 1.60. The number of anilines is 3. The molecular weight excluding hydrogens is 433 g/mol. The molecule has 0 unspecified atom stereocenters. The molecule has 0 radical (unpaired) electrons. The Hall–Kier alpha value is -4.63. The van der Waals surface area contributed by atoms with Crippen LogP contribution in [0.15, 0.2) is 127 Å². The SMILES string of the molecule is Oc1cc2ccccc2cc1-c1ccc(N(c2ccccc2)c2ccc(F)cc2)c2ccccc12. The van der Waals surface area contributed by atoms with Gasteiger partial charge in [-0.25, -0.2) is 4.39 Å². The Bertz CT molecular complexity index is 1660. The summed E-state index contributed by atoms with van der Waals surface area (Å²) in [6.07, 6.45) is 0. The van der Waals surface area contributed by atoms with Gasteiger partial charge in [-0.1, -0.05) is 72.8 Å². The second-order valence-electron chi connectivity index (χ2n) is 8.54. The predicted molar refractivity (Wildman–Crippen MR) is 143 cm³/mol. The first-order chi connectivity index (χ1) is 17.2. The second kappa shape index (κ2) is 8.62. The van der Waals surface area contributed by atoms with Crippen molar-refractivity contribution < 1.29 is 9.50 Å². The zero-order valence-corrected chi connectivity index (χ0v) is 18.9. The molecule has 0 aromatic heterocycles. The molecule has 0 amide bonds. The van der Waals surface area contributed by atoms with E-state index in [1.807, 2.05) is 72.8 Å². The molecule has 0 spiro atoms. The first-order valence-corrected chi connectivity index (χ1v) is 11.5.